The number of amides is 3. The summed E-state index contributed by atoms with van der Waals surface area (Å²) in [5.74, 6) is -1.22. The second-order valence-corrected chi connectivity index (χ2v) is 10.2. The van der Waals surface area contributed by atoms with Crippen LogP contribution < -0.4 is 5.73 Å². The third-order valence-corrected chi connectivity index (χ3v) is 6.85. The largest absolute Gasteiger partial charge is 0.434 e. The molecule has 11 nitrogen and oxygen atoms in total. The number of unbranched alkanes of at least 4 members (excludes halogenated alkanes) is 1. The summed E-state index contributed by atoms with van der Waals surface area (Å²) in [7, 11) is -4.73. The minimum atomic E-state index is -4.73. The van der Waals surface area contributed by atoms with E-state index in [1.165, 1.54) is 4.90 Å². The predicted molar refractivity (Wildman–Crippen MR) is 114 cm³/mol. The van der Waals surface area contributed by atoms with Crippen molar-refractivity contribution in [2.24, 2.45) is 11.1 Å². The third kappa shape index (κ3) is 7.04. The van der Waals surface area contributed by atoms with E-state index in [-0.39, 0.29) is 24.8 Å². The Labute approximate surface area is 189 Å². The molecule has 2 bridgehead atoms. The Morgan fingerprint density at radius 3 is 2.53 bits per heavy atom. The van der Waals surface area contributed by atoms with Crippen LogP contribution in [0, 0.1) is 5.41 Å². The number of carbonyl (C=O) groups excluding carboxylic acids is 3. The molecule has 0 aromatic heterocycles. The molecule has 0 aromatic rings. The molecule has 2 aliphatic rings. The molecule has 0 radical (unpaired) electrons. The van der Waals surface area contributed by atoms with Crippen LogP contribution in [0.2, 0.25) is 0 Å². The number of piperidine rings is 1. The highest BCUT2D eigenvalue weighted by Gasteiger charge is 2.49. The van der Waals surface area contributed by atoms with Gasteiger partial charge in [0.15, 0.2) is 0 Å². The number of nitrogens with two attached hydrogens (primary N) is 1. The van der Waals surface area contributed by atoms with Crippen molar-refractivity contribution in [1.82, 2.24) is 9.96 Å². The molecule has 2 N–H and O–H groups in total. The van der Waals surface area contributed by atoms with Crippen LogP contribution in [-0.4, -0.2) is 61.2 Å². The maximum absolute atomic E-state index is 12.6. The minimum Gasteiger partial charge on any atom is -0.434 e. The molecule has 1 unspecified atom stereocenters. The summed E-state index contributed by atoms with van der Waals surface area (Å²) in [4.78, 5) is 37.4. The van der Waals surface area contributed by atoms with Crippen LogP contribution in [0.1, 0.15) is 79.1 Å². The van der Waals surface area contributed by atoms with E-state index in [0.29, 0.717) is 30.7 Å². The van der Waals surface area contributed by atoms with E-state index in [0.717, 1.165) is 12.8 Å². The van der Waals surface area contributed by atoms with E-state index < -0.39 is 46.7 Å². The average molecular weight is 478 g/mol. The highest BCUT2D eigenvalue weighted by Crippen LogP contribution is 2.32. The molecule has 3 amide bonds. The zero-order valence-electron chi connectivity index (χ0n) is 19.2. The number of hydrogen-bond donors (Lipinski definition) is 1. The summed E-state index contributed by atoms with van der Waals surface area (Å²) in [6.45, 7) is 8.09. The Kier molecular flexibility index (Phi) is 8.89. The van der Waals surface area contributed by atoms with E-state index >= 15 is 0 Å². The number of fused-ring (bicyclic) bond motifs is 2. The van der Waals surface area contributed by atoms with E-state index in [1.807, 2.05) is 27.7 Å². The molecular weight excluding hydrogens is 442 g/mol. The third-order valence-electron chi connectivity index (χ3n) is 6.06. The van der Waals surface area contributed by atoms with Crippen molar-refractivity contribution < 1.29 is 36.0 Å². The van der Waals surface area contributed by atoms with Gasteiger partial charge >= 0.3 is 22.4 Å². The number of ether oxygens (including phenoxy) is 1. The molecule has 12 heteroatoms. The molecule has 184 valence electrons. The normalized spacial score (nSPS) is 22.2. The summed E-state index contributed by atoms with van der Waals surface area (Å²) >= 11 is 0. The van der Waals surface area contributed by atoms with Gasteiger partial charge < -0.3 is 15.4 Å². The van der Waals surface area contributed by atoms with E-state index in [9.17, 15) is 22.8 Å². The number of hydroxylamine groups is 2. The van der Waals surface area contributed by atoms with Gasteiger partial charge in [0.2, 0.25) is 12.2 Å². The van der Waals surface area contributed by atoms with Crippen LogP contribution in [0.25, 0.3) is 0 Å². The van der Waals surface area contributed by atoms with E-state index in [4.69, 9.17) is 18.9 Å². The predicted octanol–water partition coefficient (Wildman–Crippen LogP) is 2.21. The van der Waals surface area contributed by atoms with Crippen LogP contribution in [0.15, 0.2) is 0 Å². The fourth-order valence-electron chi connectivity index (χ4n) is 3.61. The number of hydrogen-bond acceptors (Lipinski definition) is 8. The lowest BCUT2D eigenvalue weighted by Gasteiger charge is -2.27. The number of urea groups is 1. The van der Waals surface area contributed by atoms with Gasteiger partial charge in [-0.05, 0) is 31.1 Å². The first kappa shape index (κ1) is 26.3. The molecule has 2 rings (SSSR count). The van der Waals surface area contributed by atoms with Crippen molar-refractivity contribution >= 4 is 28.3 Å². The van der Waals surface area contributed by atoms with Crippen molar-refractivity contribution in [3.05, 3.63) is 0 Å². The second kappa shape index (κ2) is 10.8. The zero-order chi connectivity index (χ0) is 24.1. The lowest BCUT2D eigenvalue weighted by Crippen LogP contribution is -2.47. The Balaban J connectivity index is 2.07. The summed E-state index contributed by atoms with van der Waals surface area (Å²) in [6, 6.07) is -2.13. The lowest BCUT2D eigenvalue weighted by molar-refractivity contribution is -0.167. The van der Waals surface area contributed by atoms with Crippen molar-refractivity contribution in [3.8, 4) is 0 Å². The van der Waals surface area contributed by atoms with E-state index in [1.54, 1.807) is 0 Å². The van der Waals surface area contributed by atoms with Crippen molar-refractivity contribution in [3.63, 3.8) is 0 Å². The van der Waals surface area contributed by atoms with Gasteiger partial charge in [-0.25, -0.2) is 8.98 Å². The maximum atomic E-state index is 12.6. The molecule has 32 heavy (non-hydrogen) atoms. The Morgan fingerprint density at radius 1 is 1.25 bits per heavy atom. The molecule has 0 spiro atoms. The monoisotopic (exact) mass is 477 g/mol. The lowest BCUT2D eigenvalue weighted by atomic mass is 9.85. The highest BCUT2D eigenvalue weighted by atomic mass is 32.3. The number of esters is 1. The molecule has 0 aliphatic carbocycles. The molecule has 0 saturated carbocycles. The van der Waals surface area contributed by atoms with Crippen LogP contribution >= 0.6 is 0 Å². The average Bonchev–Trinajstić information content (AvgIpc) is 2.94. The van der Waals surface area contributed by atoms with Gasteiger partial charge in [0.25, 0.3) is 0 Å². The Bertz CT molecular complexity index is 801. The summed E-state index contributed by atoms with van der Waals surface area (Å²) in [5.41, 5.74) is 5.22. The topological polar surface area (TPSA) is 146 Å². The van der Waals surface area contributed by atoms with Crippen LogP contribution in [0.3, 0.4) is 0 Å². The van der Waals surface area contributed by atoms with Gasteiger partial charge in [-0.1, -0.05) is 40.5 Å². The Morgan fingerprint density at radius 2 is 1.94 bits per heavy atom. The molecule has 2 aliphatic heterocycles. The van der Waals surface area contributed by atoms with Gasteiger partial charge in [-0.2, -0.15) is 13.5 Å². The molecule has 2 fully saturated rings. The van der Waals surface area contributed by atoms with Gasteiger partial charge in [-0.15, -0.1) is 4.28 Å². The standard InChI is InChI=1S/C20H35N3O8S/c1-5-7-8-16(24)29-17(11-12-20(3,4)6-2)30-32(27,28)31-23-14-9-10-15(18(21)25)22(13-14)19(23)26/h14-15,17H,5-13H2,1-4H3,(H2,21,25)/t14-,15+,17?/m1/s1. The van der Waals surface area contributed by atoms with Crippen LogP contribution in [0.4, 0.5) is 4.79 Å². The van der Waals surface area contributed by atoms with Crippen LogP contribution in [0.5, 0.6) is 0 Å². The van der Waals surface area contributed by atoms with Crippen LogP contribution in [-0.2, 0) is 33.2 Å². The Hall–Kier alpha value is -1.92. The maximum Gasteiger partial charge on any atom is 0.424 e. The smallest absolute Gasteiger partial charge is 0.424 e. The van der Waals surface area contributed by atoms with Crippen molar-refractivity contribution in [2.45, 2.75) is 97.4 Å². The number of carbonyl (C=O) groups is 3. The fraction of sp³-hybridized carbons (Fsp3) is 0.850. The van der Waals surface area contributed by atoms with Crippen molar-refractivity contribution in [2.75, 3.05) is 6.54 Å². The first-order valence-electron chi connectivity index (χ1n) is 11.1. The fourth-order valence-corrected chi connectivity index (χ4v) is 4.43. The van der Waals surface area contributed by atoms with Gasteiger partial charge in [-0.3, -0.25) is 9.59 Å². The molecular formula is C20H35N3O8S. The van der Waals surface area contributed by atoms with Crippen molar-refractivity contribution in [1.29, 1.82) is 0 Å². The van der Waals surface area contributed by atoms with Gasteiger partial charge in [0, 0.05) is 19.4 Å². The molecule has 2 heterocycles. The number of primary amides is 1. The molecule has 0 aromatic carbocycles. The first-order valence-corrected chi connectivity index (χ1v) is 12.4. The highest BCUT2D eigenvalue weighted by molar-refractivity contribution is 7.81. The number of rotatable bonds is 13. The summed E-state index contributed by atoms with van der Waals surface area (Å²) in [6.07, 6.45) is 2.37. The first-order chi connectivity index (χ1) is 14.9. The molecule has 2 saturated heterocycles. The summed E-state index contributed by atoms with van der Waals surface area (Å²) < 4.78 is 40.5. The second-order valence-electron chi connectivity index (χ2n) is 9.07. The molecule has 3 atom stereocenters. The summed E-state index contributed by atoms with van der Waals surface area (Å²) in [5, 5.41) is 0.699. The number of nitrogens with zero attached hydrogens (tertiary/aromatic N) is 2. The SMILES string of the molecule is CCCCC(=O)OC(CCC(C)(C)CC)OS(=O)(=O)ON1C(=O)N2C[C@H]1CC[C@H]2C(N)=O. The minimum absolute atomic E-state index is 0.110. The quantitative estimate of drug-likeness (QED) is 0.314. The van der Waals surface area contributed by atoms with Gasteiger partial charge in [0.1, 0.15) is 6.04 Å². The zero-order valence-corrected chi connectivity index (χ0v) is 20.1. The van der Waals surface area contributed by atoms with E-state index in [2.05, 4.69) is 0 Å². The van der Waals surface area contributed by atoms with Gasteiger partial charge in [0.05, 0.1) is 6.04 Å².